The van der Waals surface area contributed by atoms with Crippen molar-refractivity contribution >= 4 is 22.0 Å². The lowest BCUT2D eigenvalue weighted by Crippen LogP contribution is -2.52. The minimum absolute atomic E-state index is 0.0498. The zero-order valence-electron chi connectivity index (χ0n) is 12.7. The number of carbonyl (C=O) groups excluding carboxylic acids is 2. The van der Waals surface area contributed by atoms with Crippen LogP contribution in [0, 0.1) is 0 Å². The van der Waals surface area contributed by atoms with Crippen LogP contribution in [0.4, 0.5) is 4.79 Å². The molecule has 126 valence electrons. The van der Waals surface area contributed by atoms with Gasteiger partial charge in [-0.15, -0.1) is 0 Å². The highest BCUT2D eigenvalue weighted by atomic mass is 32.2. The van der Waals surface area contributed by atoms with Gasteiger partial charge in [0.2, 0.25) is 15.9 Å². The number of aromatic nitrogens is 1. The number of nitrogens with one attached hydrogen (secondary N) is 2. The number of pyridine rings is 1. The van der Waals surface area contributed by atoms with E-state index in [2.05, 4.69) is 15.6 Å². The molecule has 0 spiro atoms. The van der Waals surface area contributed by atoms with Crippen LogP contribution >= 0.6 is 0 Å². The van der Waals surface area contributed by atoms with Gasteiger partial charge in [-0.1, -0.05) is 0 Å². The van der Waals surface area contributed by atoms with Gasteiger partial charge in [-0.3, -0.25) is 20.0 Å². The second-order valence-electron chi connectivity index (χ2n) is 5.00. The SMILES string of the molecule is CNC(=O)NC(=O)CN1CCN(S(=O)(=O)c2cccnc2)CC1. The summed E-state index contributed by atoms with van der Waals surface area (Å²) in [5, 5.41) is 4.47. The Morgan fingerprint density at radius 3 is 2.52 bits per heavy atom. The standard InChI is InChI=1S/C13H19N5O4S/c1-14-13(20)16-12(19)10-17-5-7-18(8-6-17)23(21,22)11-3-2-4-15-9-11/h2-4,9H,5-8,10H2,1H3,(H2,14,16,19,20). The smallest absolute Gasteiger partial charge is 0.321 e. The minimum atomic E-state index is -3.56. The van der Waals surface area contributed by atoms with Crippen molar-refractivity contribution in [3.63, 3.8) is 0 Å². The van der Waals surface area contributed by atoms with Crippen molar-refractivity contribution in [2.45, 2.75) is 4.90 Å². The number of nitrogens with zero attached hydrogens (tertiary/aromatic N) is 3. The fourth-order valence-electron chi connectivity index (χ4n) is 2.21. The number of amides is 3. The molecule has 9 nitrogen and oxygen atoms in total. The number of sulfonamides is 1. The summed E-state index contributed by atoms with van der Waals surface area (Å²) in [6, 6.07) is 2.52. The van der Waals surface area contributed by atoms with E-state index >= 15 is 0 Å². The van der Waals surface area contributed by atoms with Crippen molar-refractivity contribution in [2.24, 2.45) is 0 Å². The molecular formula is C13H19N5O4S. The van der Waals surface area contributed by atoms with Crippen LogP contribution in [0.2, 0.25) is 0 Å². The maximum atomic E-state index is 12.4. The van der Waals surface area contributed by atoms with Gasteiger partial charge in [0.1, 0.15) is 4.90 Å². The Morgan fingerprint density at radius 1 is 1.26 bits per heavy atom. The van der Waals surface area contributed by atoms with Gasteiger partial charge in [0, 0.05) is 45.6 Å². The van der Waals surface area contributed by atoms with Crippen LogP contribution in [0.5, 0.6) is 0 Å². The summed E-state index contributed by atoms with van der Waals surface area (Å²) in [5.74, 6) is -0.423. The first-order chi connectivity index (χ1) is 10.9. The van der Waals surface area contributed by atoms with Crippen LogP contribution in [0.3, 0.4) is 0 Å². The van der Waals surface area contributed by atoms with Crippen LogP contribution < -0.4 is 10.6 Å². The Kier molecular flexibility index (Phi) is 5.64. The van der Waals surface area contributed by atoms with Crippen molar-refractivity contribution in [3.05, 3.63) is 24.5 Å². The zero-order valence-corrected chi connectivity index (χ0v) is 13.5. The van der Waals surface area contributed by atoms with E-state index in [9.17, 15) is 18.0 Å². The number of carbonyl (C=O) groups is 2. The fraction of sp³-hybridized carbons (Fsp3) is 0.462. The average molecular weight is 341 g/mol. The second-order valence-corrected chi connectivity index (χ2v) is 6.93. The van der Waals surface area contributed by atoms with E-state index in [4.69, 9.17) is 0 Å². The minimum Gasteiger partial charge on any atom is -0.341 e. The van der Waals surface area contributed by atoms with Crippen LogP contribution in [-0.4, -0.2) is 74.3 Å². The van der Waals surface area contributed by atoms with Gasteiger partial charge >= 0.3 is 6.03 Å². The summed E-state index contributed by atoms with van der Waals surface area (Å²) in [7, 11) is -2.14. The van der Waals surface area contributed by atoms with E-state index < -0.39 is 22.0 Å². The molecule has 0 bridgehead atoms. The number of rotatable bonds is 4. The van der Waals surface area contributed by atoms with Crippen LogP contribution in [0.15, 0.2) is 29.4 Å². The number of piperazine rings is 1. The van der Waals surface area contributed by atoms with Crippen molar-refractivity contribution in [3.8, 4) is 0 Å². The maximum Gasteiger partial charge on any atom is 0.321 e. The van der Waals surface area contributed by atoms with Crippen LogP contribution in [-0.2, 0) is 14.8 Å². The quantitative estimate of drug-likeness (QED) is 0.715. The summed E-state index contributed by atoms with van der Waals surface area (Å²) in [4.78, 5) is 28.5. The lowest BCUT2D eigenvalue weighted by atomic mass is 10.3. The number of hydrogen-bond donors (Lipinski definition) is 2. The monoisotopic (exact) mass is 341 g/mol. The van der Waals surface area contributed by atoms with Gasteiger partial charge in [0.25, 0.3) is 0 Å². The highest BCUT2D eigenvalue weighted by Crippen LogP contribution is 2.16. The Balaban J connectivity index is 1.89. The number of imide groups is 1. The summed E-state index contributed by atoms with van der Waals surface area (Å²) in [6.45, 7) is 1.45. The van der Waals surface area contributed by atoms with E-state index in [0.717, 1.165) is 0 Å². The van der Waals surface area contributed by atoms with Crippen molar-refractivity contribution < 1.29 is 18.0 Å². The van der Waals surface area contributed by atoms with E-state index in [-0.39, 0.29) is 24.5 Å². The molecular weight excluding hydrogens is 322 g/mol. The van der Waals surface area contributed by atoms with E-state index in [0.29, 0.717) is 13.1 Å². The van der Waals surface area contributed by atoms with Gasteiger partial charge in [-0.25, -0.2) is 13.2 Å². The molecule has 0 unspecified atom stereocenters. The molecule has 0 atom stereocenters. The Hall–Kier alpha value is -2.04. The molecule has 23 heavy (non-hydrogen) atoms. The summed E-state index contributed by atoms with van der Waals surface area (Å²) in [6.07, 6.45) is 2.83. The highest BCUT2D eigenvalue weighted by molar-refractivity contribution is 7.89. The second kappa shape index (κ2) is 7.49. The zero-order chi connectivity index (χ0) is 16.9. The third kappa shape index (κ3) is 4.47. The first kappa shape index (κ1) is 17.3. The number of hydrogen-bond acceptors (Lipinski definition) is 6. The molecule has 0 radical (unpaired) electrons. The Bertz CT molecular complexity index is 656. The summed E-state index contributed by atoms with van der Waals surface area (Å²) < 4.78 is 26.2. The van der Waals surface area contributed by atoms with E-state index in [1.165, 1.54) is 29.8 Å². The van der Waals surface area contributed by atoms with Crippen molar-refractivity contribution in [1.82, 2.24) is 24.8 Å². The third-order valence-electron chi connectivity index (χ3n) is 3.45. The molecule has 1 aliphatic heterocycles. The van der Waals surface area contributed by atoms with E-state index in [1.54, 1.807) is 11.0 Å². The van der Waals surface area contributed by atoms with Gasteiger partial charge in [0.15, 0.2) is 0 Å². The van der Waals surface area contributed by atoms with Gasteiger partial charge in [-0.2, -0.15) is 4.31 Å². The Morgan fingerprint density at radius 2 is 1.96 bits per heavy atom. The normalized spacial score (nSPS) is 16.7. The predicted octanol–water partition coefficient (Wildman–Crippen LogP) is -1.16. The molecule has 1 fully saturated rings. The third-order valence-corrected chi connectivity index (χ3v) is 5.33. The molecule has 1 aromatic rings. The van der Waals surface area contributed by atoms with Gasteiger partial charge in [-0.05, 0) is 12.1 Å². The predicted molar refractivity (Wildman–Crippen MR) is 82.0 cm³/mol. The molecule has 2 N–H and O–H groups in total. The van der Waals surface area contributed by atoms with Crippen molar-refractivity contribution in [1.29, 1.82) is 0 Å². The summed E-state index contributed by atoms with van der Waals surface area (Å²) in [5.41, 5.74) is 0. The van der Waals surface area contributed by atoms with Crippen molar-refractivity contribution in [2.75, 3.05) is 39.8 Å². The fourth-order valence-corrected chi connectivity index (χ4v) is 3.60. The topological polar surface area (TPSA) is 112 Å². The van der Waals surface area contributed by atoms with Gasteiger partial charge < -0.3 is 5.32 Å². The molecule has 0 aromatic carbocycles. The summed E-state index contributed by atoms with van der Waals surface area (Å²) >= 11 is 0. The first-order valence-corrected chi connectivity index (χ1v) is 8.51. The molecule has 2 heterocycles. The van der Waals surface area contributed by atoms with Crippen LogP contribution in [0.1, 0.15) is 0 Å². The highest BCUT2D eigenvalue weighted by Gasteiger charge is 2.29. The molecule has 1 saturated heterocycles. The van der Waals surface area contributed by atoms with Gasteiger partial charge in [0.05, 0.1) is 6.54 Å². The molecule has 3 amide bonds. The molecule has 1 aliphatic rings. The first-order valence-electron chi connectivity index (χ1n) is 7.07. The molecule has 0 saturated carbocycles. The largest absolute Gasteiger partial charge is 0.341 e. The Labute approximate surface area is 134 Å². The van der Waals surface area contributed by atoms with Crippen LogP contribution in [0.25, 0.3) is 0 Å². The average Bonchev–Trinajstić information content (AvgIpc) is 2.56. The molecule has 1 aromatic heterocycles. The lowest BCUT2D eigenvalue weighted by Gasteiger charge is -2.33. The maximum absolute atomic E-state index is 12.4. The van der Waals surface area contributed by atoms with E-state index in [1.807, 2.05) is 0 Å². The molecule has 10 heteroatoms. The molecule has 0 aliphatic carbocycles. The molecule has 2 rings (SSSR count). The number of urea groups is 1. The lowest BCUT2D eigenvalue weighted by molar-refractivity contribution is -0.121.